The highest BCUT2D eigenvalue weighted by atomic mass is 32.2. The van der Waals surface area contributed by atoms with Gasteiger partial charge in [0.1, 0.15) is 6.54 Å². The van der Waals surface area contributed by atoms with Crippen LogP contribution < -0.4 is 10.7 Å². The maximum Gasteiger partial charge on any atom is 0.241 e. The maximum atomic E-state index is 12.2. The van der Waals surface area contributed by atoms with Gasteiger partial charge in [0, 0.05) is 23.4 Å². The summed E-state index contributed by atoms with van der Waals surface area (Å²) in [5, 5.41) is 16.5. The molecule has 136 valence electrons. The summed E-state index contributed by atoms with van der Waals surface area (Å²) in [6.45, 7) is 0.582. The summed E-state index contributed by atoms with van der Waals surface area (Å²) < 4.78 is 1.53. The van der Waals surface area contributed by atoms with E-state index in [1.54, 1.807) is 36.0 Å². The topological polar surface area (TPSA) is 87.8 Å². The van der Waals surface area contributed by atoms with E-state index in [2.05, 4.69) is 16.5 Å². The quantitative estimate of drug-likeness (QED) is 0.638. The van der Waals surface area contributed by atoms with Crippen LogP contribution in [0.1, 0.15) is 11.1 Å². The third-order valence-electron chi connectivity index (χ3n) is 4.02. The molecule has 6 nitrogen and oxygen atoms in total. The van der Waals surface area contributed by atoms with Gasteiger partial charge in [-0.05, 0) is 23.8 Å². The Balaban J connectivity index is 1.49. The third kappa shape index (κ3) is 4.74. The average Bonchev–Trinajstić information content (AvgIpc) is 2.70. The number of para-hydroxylation sites is 1. The highest BCUT2D eigenvalue weighted by Gasteiger charge is 2.08. The molecule has 7 heteroatoms. The second kappa shape index (κ2) is 9.01. The molecule has 0 saturated heterocycles. The number of carbonyl (C=O) groups is 1. The summed E-state index contributed by atoms with van der Waals surface area (Å²) >= 11 is 1.66. The minimum atomic E-state index is -0.158. The van der Waals surface area contributed by atoms with Crippen molar-refractivity contribution in [3.05, 3.63) is 76.1 Å². The van der Waals surface area contributed by atoms with E-state index in [4.69, 9.17) is 5.26 Å². The van der Waals surface area contributed by atoms with Crippen molar-refractivity contribution in [3.63, 3.8) is 0 Å². The van der Waals surface area contributed by atoms with Crippen molar-refractivity contribution >= 4 is 28.6 Å². The van der Waals surface area contributed by atoms with Crippen molar-refractivity contribution in [2.75, 3.05) is 12.3 Å². The number of nitriles is 1. The predicted molar refractivity (Wildman–Crippen MR) is 106 cm³/mol. The van der Waals surface area contributed by atoms with Crippen LogP contribution in [-0.4, -0.2) is 28.0 Å². The fraction of sp³-hybridized carbons (Fsp3) is 0.200. The number of rotatable bonds is 7. The van der Waals surface area contributed by atoms with Gasteiger partial charge in [0.05, 0.1) is 23.3 Å². The van der Waals surface area contributed by atoms with E-state index in [1.165, 1.54) is 10.9 Å². The highest BCUT2D eigenvalue weighted by Crippen LogP contribution is 2.15. The molecule has 0 bridgehead atoms. The van der Waals surface area contributed by atoms with Crippen LogP contribution in [0.2, 0.25) is 0 Å². The molecule has 0 fully saturated rings. The van der Waals surface area contributed by atoms with Crippen LogP contribution in [0.4, 0.5) is 0 Å². The Bertz CT molecular complexity index is 1060. The van der Waals surface area contributed by atoms with Gasteiger partial charge in [-0.1, -0.05) is 30.3 Å². The zero-order valence-electron chi connectivity index (χ0n) is 14.6. The number of nitrogens with zero attached hydrogens (tertiary/aromatic N) is 3. The lowest BCUT2D eigenvalue weighted by atomic mass is 10.1. The fourth-order valence-corrected chi connectivity index (χ4v) is 3.54. The molecule has 1 amide bonds. The van der Waals surface area contributed by atoms with Crippen LogP contribution in [0, 0.1) is 11.3 Å². The van der Waals surface area contributed by atoms with Gasteiger partial charge in [0.2, 0.25) is 11.3 Å². The lowest BCUT2D eigenvalue weighted by molar-refractivity contribution is -0.121. The number of hydrogen-bond acceptors (Lipinski definition) is 5. The van der Waals surface area contributed by atoms with Crippen molar-refractivity contribution in [2.45, 2.75) is 12.3 Å². The van der Waals surface area contributed by atoms with E-state index >= 15 is 0 Å². The molecule has 0 unspecified atom stereocenters. The van der Waals surface area contributed by atoms with Crippen LogP contribution in [0.3, 0.4) is 0 Å². The number of carbonyl (C=O) groups excluding carboxylic acids is 1. The summed E-state index contributed by atoms with van der Waals surface area (Å²) in [6.07, 6.45) is 1.23. The maximum absolute atomic E-state index is 12.2. The van der Waals surface area contributed by atoms with E-state index in [-0.39, 0.29) is 17.9 Å². The minimum absolute atomic E-state index is 0.0583. The molecule has 0 saturated carbocycles. The van der Waals surface area contributed by atoms with Gasteiger partial charge in [-0.25, -0.2) is 0 Å². The van der Waals surface area contributed by atoms with Crippen molar-refractivity contribution < 1.29 is 4.79 Å². The average molecular weight is 378 g/mol. The number of nitrogens with one attached hydrogen (secondary N) is 1. The Labute approximate surface area is 160 Å². The molecular weight excluding hydrogens is 360 g/mol. The molecule has 1 aromatic heterocycles. The first kappa shape index (κ1) is 18.7. The molecule has 1 N–H and O–H groups in total. The zero-order chi connectivity index (χ0) is 19.1. The first-order valence-electron chi connectivity index (χ1n) is 8.46. The van der Waals surface area contributed by atoms with E-state index < -0.39 is 0 Å². The van der Waals surface area contributed by atoms with Crippen LogP contribution in [-0.2, 0) is 17.1 Å². The fourth-order valence-electron chi connectivity index (χ4n) is 2.68. The number of thioether (sulfide) groups is 1. The SMILES string of the molecule is N#Cc1ccccc1CSCCNC(=O)Cn1ncc(=O)c2ccccc21. The van der Waals surface area contributed by atoms with Crippen LogP contribution in [0.5, 0.6) is 0 Å². The number of aromatic nitrogens is 2. The Morgan fingerprint density at radius 3 is 2.81 bits per heavy atom. The molecule has 2 aromatic carbocycles. The molecule has 0 radical (unpaired) electrons. The van der Waals surface area contributed by atoms with E-state index in [1.807, 2.05) is 24.3 Å². The van der Waals surface area contributed by atoms with Gasteiger partial charge in [0.25, 0.3) is 0 Å². The van der Waals surface area contributed by atoms with Crippen molar-refractivity contribution in [1.82, 2.24) is 15.1 Å². The summed E-state index contributed by atoms with van der Waals surface area (Å²) in [5.74, 6) is 1.31. The summed E-state index contributed by atoms with van der Waals surface area (Å²) in [6, 6.07) is 16.8. The normalized spacial score (nSPS) is 10.5. The second-order valence-corrected chi connectivity index (χ2v) is 6.96. The largest absolute Gasteiger partial charge is 0.354 e. The Morgan fingerprint density at radius 1 is 1.19 bits per heavy atom. The van der Waals surface area contributed by atoms with E-state index in [9.17, 15) is 9.59 Å². The third-order valence-corrected chi connectivity index (χ3v) is 5.03. The van der Waals surface area contributed by atoms with Gasteiger partial charge < -0.3 is 5.32 Å². The lowest BCUT2D eigenvalue weighted by Crippen LogP contribution is -2.30. The number of fused-ring (bicyclic) bond motifs is 1. The standard InChI is InChI=1S/C20H18N4O2S/c21-11-15-5-1-2-6-16(15)14-27-10-9-22-20(26)13-24-18-8-4-3-7-17(18)19(25)12-23-24/h1-8,12H,9-10,13-14H2,(H,22,26). The predicted octanol–water partition coefficient (Wildman–Crippen LogP) is 2.32. The number of benzene rings is 2. The summed E-state index contributed by atoms with van der Waals surface area (Å²) in [7, 11) is 0. The van der Waals surface area contributed by atoms with Gasteiger partial charge in [0.15, 0.2) is 0 Å². The second-order valence-electron chi connectivity index (χ2n) is 5.86. The van der Waals surface area contributed by atoms with E-state index in [0.29, 0.717) is 23.0 Å². The van der Waals surface area contributed by atoms with Crippen molar-refractivity contribution in [2.24, 2.45) is 0 Å². The van der Waals surface area contributed by atoms with Crippen LogP contribution >= 0.6 is 11.8 Å². The Hall–Kier alpha value is -3.11. The van der Waals surface area contributed by atoms with Gasteiger partial charge >= 0.3 is 0 Å². The summed E-state index contributed by atoms with van der Waals surface area (Å²) in [5.41, 5.74) is 2.17. The lowest BCUT2D eigenvalue weighted by Gasteiger charge is -2.10. The van der Waals surface area contributed by atoms with Gasteiger partial charge in [-0.2, -0.15) is 22.1 Å². The molecule has 3 rings (SSSR count). The molecule has 27 heavy (non-hydrogen) atoms. The molecule has 0 aliphatic rings. The molecule has 3 aromatic rings. The molecule has 0 aliphatic heterocycles. The molecule has 0 atom stereocenters. The van der Waals surface area contributed by atoms with Crippen LogP contribution in [0.15, 0.2) is 59.5 Å². The van der Waals surface area contributed by atoms with Crippen molar-refractivity contribution in [3.8, 4) is 6.07 Å². The molecule has 0 spiro atoms. The first-order chi connectivity index (χ1) is 13.2. The smallest absolute Gasteiger partial charge is 0.241 e. The first-order valence-corrected chi connectivity index (χ1v) is 9.62. The molecule has 1 heterocycles. The van der Waals surface area contributed by atoms with Gasteiger partial charge in [-0.15, -0.1) is 0 Å². The number of amides is 1. The van der Waals surface area contributed by atoms with Crippen molar-refractivity contribution in [1.29, 1.82) is 5.26 Å². The van der Waals surface area contributed by atoms with Crippen LogP contribution in [0.25, 0.3) is 10.9 Å². The monoisotopic (exact) mass is 378 g/mol. The van der Waals surface area contributed by atoms with Gasteiger partial charge in [-0.3, -0.25) is 14.3 Å². The Morgan fingerprint density at radius 2 is 1.96 bits per heavy atom. The highest BCUT2D eigenvalue weighted by molar-refractivity contribution is 7.98. The Kier molecular flexibility index (Phi) is 6.23. The number of hydrogen-bond donors (Lipinski definition) is 1. The van der Waals surface area contributed by atoms with E-state index in [0.717, 1.165) is 17.1 Å². The molecular formula is C20H18N4O2S. The molecule has 0 aliphatic carbocycles. The summed E-state index contributed by atoms with van der Waals surface area (Å²) in [4.78, 5) is 24.0. The zero-order valence-corrected chi connectivity index (χ0v) is 15.4. The minimum Gasteiger partial charge on any atom is -0.354 e.